The second-order valence-corrected chi connectivity index (χ2v) is 12.5. The largest absolute Gasteiger partial charge is 0.334 e. The van der Waals surface area contributed by atoms with Crippen molar-refractivity contribution in [1.82, 2.24) is 0 Å². The Hall–Kier alpha value is -4.62. The Kier molecular flexibility index (Phi) is 4.50. The van der Waals surface area contributed by atoms with Crippen molar-refractivity contribution in [1.29, 1.82) is 0 Å². The highest BCUT2D eigenvalue weighted by molar-refractivity contribution is 6.27. The minimum Gasteiger partial charge on any atom is -0.334 e. The highest BCUT2D eigenvalue weighted by atomic mass is 15.3. The number of anilines is 2. The standard InChI is InChI=1S/C40H31N/c1-39-23-24-40(39,2)41(30-11-7-4-8-12-30)36-22-17-29(25-35(36)39)32-19-14-28-15-20-33-31(26-9-5-3-6-10-26)18-13-27-16-21-34(32)38(28)37(27)33/h3-22,25H,23-24H2,1-2H3. The Morgan fingerprint density at radius 1 is 0.537 bits per heavy atom. The van der Waals surface area contributed by atoms with E-state index < -0.39 is 0 Å². The lowest BCUT2D eigenvalue weighted by Gasteiger charge is -2.56. The van der Waals surface area contributed by atoms with Gasteiger partial charge in [0, 0.05) is 16.8 Å². The van der Waals surface area contributed by atoms with E-state index in [2.05, 4.69) is 146 Å². The molecule has 1 saturated carbocycles. The van der Waals surface area contributed by atoms with Crippen LogP contribution in [0.25, 0.3) is 54.6 Å². The third-order valence-corrected chi connectivity index (χ3v) is 10.7. The number of para-hydroxylation sites is 1. The van der Waals surface area contributed by atoms with E-state index in [1.165, 1.54) is 84.4 Å². The van der Waals surface area contributed by atoms with E-state index in [-0.39, 0.29) is 11.0 Å². The molecule has 2 aliphatic rings. The van der Waals surface area contributed by atoms with Crippen molar-refractivity contribution in [3.63, 3.8) is 0 Å². The number of hydrogen-bond donors (Lipinski definition) is 0. The van der Waals surface area contributed by atoms with Gasteiger partial charge in [-0.2, -0.15) is 0 Å². The molecule has 1 heterocycles. The molecule has 2 atom stereocenters. The topological polar surface area (TPSA) is 3.24 Å². The molecular formula is C40H31N. The van der Waals surface area contributed by atoms with Crippen LogP contribution in [0.4, 0.5) is 11.4 Å². The molecule has 1 aliphatic heterocycles. The number of hydrogen-bond acceptors (Lipinski definition) is 1. The lowest BCUT2D eigenvalue weighted by Crippen LogP contribution is -2.60. The fourth-order valence-corrected chi connectivity index (χ4v) is 8.17. The summed E-state index contributed by atoms with van der Waals surface area (Å²) in [5.41, 5.74) is 9.60. The van der Waals surface area contributed by atoms with E-state index in [1.807, 2.05) is 0 Å². The highest BCUT2D eigenvalue weighted by Gasteiger charge is 2.63. The average molecular weight is 526 g/mol. The lowest BCUT2D eigenvalue weighted by molar-refractivity contribution is 0.133. The molecule has 0 aromatic heterocycles. The van der Waals surface area contributed by atoms with Gasteiger partial charge < -0.3 is 4.90 Å². The Morgan fingerprint density at radius 3 is 1.73 bits per heavy atom. The van der Waals surface area contributed by atoms with Crippen LogP contribution in [0.2, 0.25) is 0 Å². The number of fused-ring (bicyclic) bond motifs is 3. The molecule has 1 fully saturated rings. The average Bonchev–Trinajstić information content (AvgIpc) is 3.15. The van der Waals surface area contributed by atoms with Crippen molar-refractivity contribution in [2.75, 3.05) is 4.90 Å². The fourth-order valence-electron chi connectivity index (χ4n) is 8.17. The summed E-state index contributed by atoms with van der Waals surface area (Å²) in [6.45, 7) is 4.95. The van der Waals surface area contributed by atoms with E-state index in [4.69, 9.17) is 0 Å². The molecule has 9 rings (SSSR count). The molecule has 0 saturated heterocycles. The van der Waals surface area contributed by atoms with Crippen molar-refractivity contribution < 1.29 is 0 Å². The Balaban J connectivity index is 1.27. The molecule has 2 unspecified atom stereocenters. The van der Waals surface area contributed by atoms with Gasteiger partial charge in [0.2, 0.25) is 0 Å². The zero-order valence-electron chi connectivity index (χ0n) is 23.5. The molecule has 0 N–H and O–H groups in total. The van der Waals surface area contributed by atoms with Crippen molar-refractivity contribution >= 4 is 43.7 Å². The molecule has 1 nitrogen and oxygen atoms in total. The quantitative estimate of drug-likeness (QED) is 0.207. The normalized spacial score (nSPS) is 21.4. The zero-order valence-corrected chi connectivity index (χ0v) is 23.5. The van der Waals surface area contributed by atoms with E-state index >= 15 is 0 Å². The molecular weight excluding hydrogens is 494 g/mol. The van der Waals surface area contributed by atoms with Gasteiger partial charge in [-0.1, -0.05) is 110 Å². The summed E-state index contributed by atoms with van der Waals surface area (Å²) in [4.78, 5) is 2.62. The van der Waals surface area contributed by atoms with Crippen LogP contribution < -0.4 is 4.90 Å². The SMILES string of the molecule is CC12CCC1(C)N(c1ccccc1)c1ccc(-c3ccc4ccc5c(-c6ccccc6)ccc6ccc3c4c65)cc12. The molecule has 0 spiro atoms. The summed E-state index contributed by atoms with van der Waals surface area (Å²) >= 11 is 0. The zero-order chi connectivity index (χ0) is 27.3. The van der Waals surface area contributed by atoms with E-state index in [1.54, 1.807) is 0 Å². The molecule has 0 bridgehead atoms. The molecule has 0 amide bonds. The molecule has 1 heteroatoms. The first-order valence-corrected chi connectivity index (χ1v) is 14.8. The summed E-state index contributed by atoms with van der Waals surface area (Å²) < 4.78 is 0. The van der Waals surface area contributed by atoms with Crippen LogP contribution in [0.3, 0.4) is 0 Å². The monoisotopic (exact) mass is 525 g/mol. The summed E-state index contributed by atoms with van der Waals surface area (Å²) in [5, 5.41) is 8.03. The Morgan fingerprint density at radius 2 is 1.12 bits per heavy atom. The van der Waals surface area contributed by atoms with Crippen LogP contribution in [0.5, 0.6) is 0 Å². The van der Waals surface area contributed by atoms with Gasteiger partial charge in [-0.3, -0.25) is 0 Å². The van der Waals surface area contributed by atoms with Crippen molar-refractivity contribution in [2.45, 2.75) is 37.6 Å². The summed E-state index contributed by atoms with van der Waals surface area (Å²) in [6, 6.07) is 47.5. The van der Waals surface area contributed by atoms with Crippen LogP contribution in [-0.2, 0) is 5.41 Å². The number of benzene rings is 7. The van der Waals surface area contributed by atoms with Crippen molar-refractivity contribution in [2.24, 2.45) is 0 Å². The van der Waals surface area contributed by atoms with Crippen LogP contribution in [0, 0.1) is 0 Å². The van der Waals surface area contributed by atoms with Crippen LogP contribution in [0.15, 0.2) is 127 Å². The highest BCUT2D eigenvalue weighted by Crippen LogP contribution is 2.65. The molecule has 7 aromatic carbocycles. The minimum absolute atomic E-state index is 0.103. The Bertz CT molecular complexity index is 2130. The lowest BCUT2D eigenvalue weighted by atomic mass is 9.55. The van der Waals surface area contributed by atoms with Gasteiger partial charge in [-0.05, 0) is 104 Å². The summed E-state index contributed by atoms with van der Waals surface area (Å²) in [6.07, 6.45) is 2.44. The van der Waals surface area contributed by atoms with Gasteiger partial charge in [0.05, 0.1) is 5.54 Å². The van der Waals surface area contributed by atoms with Crippen molar-refractivity contribution in [3.8, 4) is 22.3 Å². The summed E-state index contributed by atoms with van der Waals surface area (Å²) in [5.74, 6) is 0. The van der Waals surface area contributed by atoms with E-state index in [0.29, 0.717) is 0 Å². The predicted molar refractivity (Wildman–Crippen MR) is 175 cm³/mol. The molecule has 0 radical (unpaired) electrons. The van der Waals surface area contributed by atoms with Crippen LogP contribution in [0.1, 0.15) is 32.3 Å². The third kappa shape index (κ3) is 2.91. The smallest absolute Gasteiger partial charge is 0.0518 e. The molecule has 196 valence electrons. The number of nitrogens with zero attached hydrogens (tertiary/aromatic N) is 1. The first-order valence-electron chi connectivity index (χ1n) is 14.8. The fraction of sp³-hybridized carbons (Fsp3) is 0.150. The minimum atomic E-state index is 0.103. The van der Waals surface area contributed by atoms with Gasteiger partial charge in [-0.15, -0.1) is 0 Å². The second kappa shape index (κ2) is 7.98. The maximum absolute atomic E-state index is 2.62. The van der Waals surface area contributed by atoms with Gasteiger partial charge >= 0.3 is 0 Å². The first-order chi connectivity index (χ1) is 20.1. The Labute approximate surface area is 241 Å². The van der Waals surface area contributed by atoms with Gasteiger partial charge in [0.15, 0.2) is 0 Å². The first kappa shape index (κ1) is 23.1. The molecule has 41 heavy (non-hydrogen) atoms. The summed E-state index contributed by atoms with van der Waals surface area (Å²) in [7, 11) is 0. The van der Waals surface area contributed by atoms with E-state index in [9.17, 15) is 0 Å². The van der Waals surface area contributed by atoms with Gasteiger partial charge in [0.25, 0.3) is 0 Å². The van der Waals surface area contributed by atoms with Crippen molar-refractivity contribution in [3.05, 3.63) is 133 Å². The second-order valence-electron chi connectivity index (χ2n) is 12.5. The third-order valence-electron chi connectivity index (χ3n) is 10.7. The number of rotatable bonds is 3. The molecule has 7 aromatic rings. The van der Waals surface area contributed by atoms with Crippen LogP contribution >= 0.6 is 0 Å². The van der Waals surface area contributed by atoms with Gasteiger partial charge in [-0.25, -0.2) is 0 Å². The molecule has 1 aliphatic carbocycles. The maximum Gasteiger partial charge on any atom is 0.0518 e. The predicted octanol–water partition coefficient (Wildman–Crippen LogP) is 10.9. The van der Waals surface area contributed by atoms with Crippen LogP contribution in [-0.4, -0.2) is 5.54 Å². The van der Waals surface area contributed by atoms with Gasteiger partial charge in [0.1, 0.15) is 0 Å². The maximum atomic E-state index is 2.62. The van der Waals surface area contributed by atoms with E-state index in [0.717, 1.165) is 0 Å².